The summed E-state index contributed by atoms with van der Waals surface area (Å²) in [5.41, 5.74) is 1.33. The molecule has 9 heteroatoms. The highest BCUT2D eigenvalue weighted by Gasteiger charge is 2.53. The molecule has 1 aliphatic carbocycles. The topological polar surface area (TPSA) is 57.7 Å². The molecule has 218 valence electrons. The molecule has 2 heterocycles. The van der Waals surface area contributed by atoms with Crippen molar-refractivity contribution in [3.63, 3.8) is 0 Å². The molecule has 4 atom stereocenters. The van der Waals surface area contributed by atoms with Crippen molar-refractivity contribution in [2.24, 2.45) is 11.3 Å². The van der Waals surface area contributed by atoms with Gasteiger partial charge in [-0.15, -0.1) is 17.9 Å². The van der Waals surface area contributed by atoms with Crippen LogP contribution in [0.4, 0.5) is 0 Å². The highest BCUT2D eigenvalue weighted by molar-refractivity contribution is 7.88. The predicted molar refractivity (Wildman–Crippen MR) is 169 cm³/mol. The van der Waals surface area contributed by atoms with E-state index in [9.17, 15) is 13.2 Å². The number of sulfonamides is 1. The molecule has 0 radical (unpaired) electrons. The molecule has 2 fully saturated rings. The molecule has 0 bridgehead atoms. The summed E-state index contributed by atoms with van der Waals surface area (Å²) < 4.78 is 27.8. The molecule has 0 N–H and O–H groups in total. The molecule has 1 amide bonds. The number of carbonyl (C=O) groups is 1. The van der Waals surface area contributed by atoms with Crippen molar-refractivity contribution in [2.45, 2.75) is 57.2 Å². The summed E-state index contributed by atoms with van der Waals surface area (Å²) in [7, 11) is -3.54. The maximum Gasteiger partial charge on any atom is 0.229 e. The average molecular weight is 632 g/mol. The van der Waals surface area contributed by atoms with E-state index in [-0.39, 0.29) is 42.9 Å². The van der Waals surface area contributed by atoms with Crippen LogP contribution in [0.25, 0.3) is 0 Å². The number of thiophene rings is 1. The van der Waals surface area contributed by atoms with Crippen LogP contribution in [0.15, 0.2) is 78.7 Å². The highest BCUT2D eigenvalue weighted by atomic mass is 35.5. The van der Waals surface area contributed by atoms with Gasteiger partial charge in [0.05, 0.1) is 17.7 Å². The molecular formula is C32H36Cl2N2O3S2. The van der Waals surface area contributed by atoms with Gasteiger partial charge < -0.3 is 4.90 Å². The van der Waals surface area contributed by atoms with E-state index in [4.69, 9.17) is 23.2 Å². The summed E-state index contributed by atoms with van der Waals surface area (Å²) in [5, 5.41) is 3.22. The van der Waals surface area contributed by atoms with Crippen LogP contribution >= 0.6 is 34.5 Å². The molecule has 1 saturated carbocycles. The fraction of sp³-hybridized carbons (Fsp3) is 0.406. The van der Waals surface area contributed by atoms with Gasteiger partial charge in [0.25, 0.3) is 0 Å². The van der Waals surface area contributed by atoms with E-state index in [1.807, 2.05) is 77.9 Å². The Balaban J connectivity index is 1.65. The first-order chi connectivity index (χ1) is 19.5. The Morgan fingerprint density at radius 2 is 1.83 bits per heavy atom. The van der Waals surface area contributed by atoms with Crippen molar-refractivity contribution in [3.8, 4) is 0 Å². The minimum atomic E-state index is -3.54. The Bertz CT molecular complexity index is 1490. The van der Waals surface area contributed by atoms with Crippen molar-refractivity contribution in [1.82, 2.24) is 9.21 Å². The molecule has 2 aliphatic rings. The van der Waals surface area contributed by atoms with E-state index in [1.54, 1.807) is 4.31 Å². The van der Waals surface area contributed by atoms with E-state index in [2.05, 4.69) is 12.6 Å². The third kappa shape index (κ3) is 6.75. The van der Waals surface area contributed by atoms with Gasteiger partial charge >= 0.3 is 0 Å². The summed E-state index contributed by atoms with van der Waals surface area (Å²) in [5.74, 6) is 0.187. The smallest absolute Gasteiger partial charge is 0.229 e. The molecule has 0 spiro atoms. The fourth-order valence-corrected chi connectivity index (χ4v) is 8.22. The van der Waals surface area contributed by atoms with Crippen molar-refractivity contribution >= 4 is 50.5 Å². The number of carbonyl (C=O) groups excluding carboxylic acids is 1. The lowest BCUT2D eigenvalue weighted by molar-refractivity contribution is -0.155. The molecule has 41 heavy (non-hydrogen) atoms. The third-order valence-electron chi connectivity index (χ3n) is 8.48. The molecule has 2 aromatic carbocycles. The van der Waals surface area contributed by atoms with Gasteiger partial charge in [0, 0.05) is 40.0 Å². The Kier molecular flexibility index (Phi) is 9.03. The van der Waals surface area contributed by atoms with Crippen LogP contribution in [0.3, 0.4) is 0 Å². The summed E-state index contributed by atoms with van der Waals surface area (Å²) in [6.07, 6.45) is 6.13. The first-order valence-electron chi connectivity index (χ1n) is 13.9. The van der Waals surface area contributed by atoms with Crippen LogP contribution in [0.5, 0.6) is 0 Å². The first-order valence-corrected chi connectivity index (χ1v) is 17.4. The van der Waals surface area contributed by atoms with E-state index in [0.29, 0.717) is 22.9 Å². The van der Waals surface area contributed by atoms with Crippen molar-refractivity contribution in [1.29, 1.82) is 0 Å². The molecule has 1 unspecified atom stereocenters. The van der Waals surface area contributed by atoms with Crippen molar-refractivity contribution < 1.29 is 13.2 Å². The summed E-state index contributed by atoms with van der Waals surface area (Å²) >= 11 is 14.3. The summed E-state index contributed by atoms with van der Waals surface area (Å²) in [6.45, 7) is 6.52. The van der Waals surface area contributed by atoms with Crippen LogP contribution in [-0.2, 0) is 21.4 Å². The largest absolute Gasteiger partial charge is 0.330 e. The lowest BCUT2D eigenvalue weighted by Crippen LogP contribution is -2.58. The van der Waals surface area contributed by atoms with Gasteiger partial charge in [-0.3, -0.25) is 4.79 Å². The molecular weight excluding hydrogens is 595 g/mol. The first kappa shape index (κ1) is 30.3. The fourth-order valence-electron chi connectivity index (χ4n) is 6.30. The van der Waals surface area contributed by atoms with E-state index in [0.717, 1.165) is 28.8 Å². The number of amides is 1. The Morgan fingerprint density at radius 3 is 2.41 bits per heavy atom. The highest BCUT2D eigenvalue weighted by Crippen LogP contribution is 2.54. The van der Waals surface area contributed by atoms with E-state index < -0.39 is 15.4 Å². The summed E-state index contributed by atoms with van der Waals surface area (Å²) in [6, 6.07) is 18.9. The van der Waals surface area contributed by atoms with Gasteiger partial charge in [-0.05, 0) is 78.4 Å². The minimum absolute atomic E-state index is 0.0390. The Morgan fingerprint density at radius 1 is 1.10 bits per heavy atom. The molecule has 1 saturated heterocycles. The van der Waals surface area contributed by atoms with Gasteiger partial charge in [-0.2, -0.15) is 4.31 Å². The zero-order valence-corrected chi connectivity index (χ0v) is 26.5. The van der Waals surface area contributed by atoms with E-state index in [1.165, 1.54) is 17.6 Å². The van der Waals surface area contributed by atoms with Gasteiger partial charge in [-0.25, -0.2) is 8.42 Å². The predicted octanol–water partition coefficient (Wildman–Crippen LogP) is 7.93. The quantitative estimate of drug-likeness (QED) is 0.202. The van der Waals surface area contributed by atoms with E-state index >= 15 is 0 Å². The lowest BCUT2D eigenvalue weighted by Gasteiger charge is -2.52. The van der Waals surface area contributed by atoms with Crippen molar-refractivity contribution in [2.75, 3.05) is 12.8 Å². The molecule has 5 nitrogen and oxygen atoms in total. The number of halogens is 2. The summed E-state index contributed by atoms with van der Waals surface area (Å²) in [4.78, 5) is 17.7. The Labute approximate surface area is 257 Å². The van der Waals surface area contributed by atoms with Crippen LogP contribution in [0.2, 0.25) is 10.0 Å². The van der Waals surface area contributed by atoms with Gasteiger partial charge in [-0.1, -0.05) is 66.5 Å². The number of hydrogen-bond donors (Lipinski definition) is 0. The maximum absolute atomic E-state index is 14.7. The van der Waals surface area contributed by atoms with Crippen LogP contribution in [0, 0.1) is 11.3 Å². The third-order valence-corrected chi connectivity index (χ3v) is 11.0. The second-order valence-electron chi connectivity index (χ2n) is 11.7. The zero-order valence-electron chi connectivity index (χ0n) is 23.4. The number of benzene rings is 2. The normalized spacial score (nSPS) is 24.0. The number of piperidine rings is 1. The van der Waals surface area contributed by atoms with Crippen LogP contribution in [0.1, 0.15) is 60.6 Å². The van der Waals surface area contributed by atoms with Crippen LogP contribution < -0.4 is 0 Å². The number of nitrogens with zero attached hydrogens (tertiary/aromatic N) is 2. The Hall–Kier alpha value is -2.16. The second-order valence-corrected chi connectivity index (χ2v) is 15.6. The second kappa shape index (κ2) is 12.2. The molecule has 1 aromatic heterocycles. The number of likely N-dealkylation sites (tertiary alicyclic amines) is 1. The standard InChI is InChI=1S/C32H36Cl2N2O3S2/c1-4-16-32(2)19-28(24-7-5-8-26(34)18-24)30(23-12-14-25(33)15-13-23)36(31(32)37)29(22-10-11-22)21-35(41(3,38)39)20-27-9-6-17-40-27/h4-9,12-15,17-18,22,28-30H,1,10-11,16,19-21H2,2-3H3/t28-,29-,30?,32+/m1/s1. The number of hydrogen-bond acceptors (Lipinski definition) is 4. The van der Waals surface area contributed by atoms with Crippen molar-refractivity contribution in [3.05, 3.63) is 105 Å². The molecule has 1 aliphatic heterocycles. The zero-order chi connectivity index (χ0) is 29.4. The molecule has 5 rings (SSSR count). The monoisotopic (exact) mass is 630 g/mol. The minimum Gasteiger partial charge on any atom is -0.330 e. The SMILES string of the molecule is C=CC[C@@]1(C)C[C@H](c2cccc(Cl)c2)C(c2ccc(Cl)cc2)N([C@H](CN(Cc2cccs2)S(C)(=O)=O)C2CC2)C1=O. The van der Waals surface area contributed by atoms with Gasteiger partial charge in [0.2, 0.25) is 15.9 Å². The maximum atomic E-state index is 14.7. The van der Waals surface area contributed by atoms with Gasteiger partial charge in [0.15, 0.2) is 0 Å². The lowest BCUT2D eigenvalue weighted by atomic mass is 9.67. The average Bonchev–Trinajstić information content (AvgIpc) is 3.63. The number of rotatable bonds is 11. The van der Waals surface area contributed by atoms with Gasteiger partial charge in [0.1, 0.15) is 0 Å². The molecule has 3 aromatic rings. The number of allylic oxidation sites excluding steroid dienone is 1. The van der Waals surface area contributed by atoms with Crippen LogP contribution in [-0.4, -0.2) is 42.4 Å².